The van der Waals surface area contributed by atoms with Crippen LogP contribution < -0.4 is 0 Å². The van der Waals surface area contributed by atoms with Gasteiger partial charge in [0.1, 0.15) is 6.54 Å². The van der Waals surface area contributed by atoms with E-state index in [1.807, 2.05) is 6.08 Å². The molecule has 0 amide bonds. The van der Waals surface area contributed by atoms with Gasteiger partial charge < -0.3 is 0 Å². The monoisotopic (exact) mass is 266 g/mol. The van der Waals surface area contributed by atoms with E-state index in [4.69, 9.17) is 0 Å². The molecule has 1 heterocycles. The Morgan fingerprint density at radius 1 is 1.20 bits per heavy atom. The minimum absolute atomic E-state index is 0.254. The molecule has 104 valence electrons. The van der Waals surface area contributed by atoms with Gasteiger partial charge in [0.2, 0.25) is 5.69 Å². The van der Waals surface area contributed by atoms with Gasteiger partial charge in [-0.3, -0.25) is 0 Å². The lowest BCUT2D eigenvalue weighted by Gasteiger charge is -2.31. The predicted octanol–water partition coefficient (Wildman–Crippen LogP) is 4.75. The lowest BCUT2D eigenvalue weighted by Crippen LogP contribution is -2.36. The van der Waals surface area contributed by atoms with Crippen LogP contribution in [0.2, 0.25) is 0 Å². The summed E-state index contributed by atoms with van der Waals surface area (Å²) < 4.78 is 2.50. The second-order valence-corrected chi connectivity index (χ2v) is 5.88. The summed E-state index contributed by atoms with van der Waals surface area (Å²) in [6.07, 6.45) is 12.9. The molecule has 1 aliphatic carbocycles. The number of benzene rings is 1. The van der Waals surface area contributed by atoms with Gasteiger partial charge >= 0.3 is 0 Å². The van der Waals surface area contributed by atoms with Gasteiger partial charge in [0.15, 0.2) is 5.71 Å². The van der Waals surface area contributed by atoms with Gasteiger partial charge in [-0.2, -0.15) is 4.58 Å². The molecule has 1 fully saturated rings. The summed E-state index contributed by atoms with van der Waals surface area (Å²) in [5, 5.41) is 0. The van der Waals surface area contributed by atoms with Crippen molar-refractivity contribution in [1.82, 2.24) is 0 Å². The lowest BCUT2D eigenvalue weighted by molar-refractivity contribution is -0.433. The average Bonchev–Trinajstić information content (AvgIpc) is 2.76. The molecule has 1 aromatic carbocycles. The number of rotatable bonds is 3. The van der Waals surface area contributed by atoms with E-state index in [0.29, 0.717) is 0 Å². The Morgan fingerprint density at radius 2 is 1.95 bits per heavy atom. The van der Waals surface area contributed by atoms with Gasteiger partial charge in [-0.25, -0.2) is 0 Å². The van der Waals surface area contributed by atoms with Crippen LogP contribution in [0.1, 0.15) is 44.6 Å². The van der Waals surface area contributed by atoms with Gasteiger partial charge in [-0.05, 0) is 19.8 Å². The zero-order valence-corrected chi connectivity index (χ0v) is 12.4. The summed E-state index contributed by atoms with van der Waals surface area (Å²) in [5.41, 5.74) is 4.70. The number of hydrogen-bond acceptors (Lipinski definition) is 0. The molecule has 20 heavy (non-hydrogen) atoms. The summed E-state index contributed by atoms with van der Waals surface area (Å²) in [6.45, 7) is 7.12. The fraction of sp³-hybridized carbons (Fsp3) is 0.421. The topological polar surface area (TPSA) is 3.01 Å². The molecular formula is C19H24N+. The maximum atomic E-state index is 3.84. The van der Waals surface area contributed by atoms with Crippen molar-refractivity contribution >= 4 is 11.4 Å². The molecule has 0 radical (unpaired) electrons. The first-order valence-corrected chi connectivity index (χ1v) is 7.87. The molecule has 1 spiro atoms. The molecule has 1 heteroatoms. The van der Waals surface area contributed by atoms with E-state index in [9.17, 15) is 0 Å². The Labute approximate surface area is 122 Å². The van der Waals surface area contributed by atoms with Crippen LogP contribution in [0.25, 0.3) is 0 Å². The Kier molecular flexibility index (Phi) is 3.60. The van der Waals surface area contributed by atoms with E-state index >= 15 is 0 Å². The minimum atomic E-state index is 0.254. The summed E-state index contributed by atoms with van der Waals surface area (Å²) in [5.74, 6) is 0. The molecule has 1 nitrogen and oxygen atoms in total. The molecule has 0 N–H and O–H groups in total. The van der Waals surface area contributed by atoms with Crippen molar-refractivity contribution in [2.24, 2.45) is 0 Å². The van der Waals surface area contributed by atoms with E-state index in [2.05, 4.69) is 54.5 Å². The van der Waals surface area contributed by atoms with Crippen LogP contribution in [-0.4, -0.2) is 16.8 Å². The fourth-order valence-corrected chi connectivity index (χ4v) is 4.07. The summed E-state index contributed by atoms with van der Waals surface area (Å²) >= 11 is 0. The number of nitrogens with zero attached hydrogens (tertiary/aromatic N) is 1. The number of para-hydroxylation sites is 1. The average molecular weight is 266 g/mol. The maximum absolute atomic E-state index is 3.84. The Hall–Kier alpha value is -1.63. The van der Waals surface area contributed by atoms with Gasteiger partial charge in [-0.15, -0.1) is 0 Å². The highest BCUT2D eigenvalue weighted by molar-refractivity contribution is 6.03. The van der Waals surface area contributed by atoms with E-state index in [1.165, 1.54) is 43.5 Å². The highest BCUT2D eigenvalue weighted by Crippen LogP contribution is 2.48. The number of fused-ring (bicyclic) bond motifs is 2. The third kappa shape index (κ3) is 1.88. The molecule has 0 saturated heterocycles. The fourth-order valence-electron chi connectivity index (χ4n) is 4.07. The highest BCUT2D eigenvalue weighted by Gasteiger charge is 2.50. The van der Waals surface area contributed by atoms with Crippen LogP contribution in [-0.2, 0) is 5.41 Å². The molecule has 1 aliphatic heterocycles. The van der Waals surface area contributed by atoms with Gasteiger partial charge in [0, 0.05) is 17.7 Å². The molecule has 0 bridgehead atoms. The molecular weight excluding hydrogens is 242 g/mol. The van der Waals surface area contributed by atoms with Gasteiger partial charge in [0.05, 0.1) is 5.41 Å². The molecule has 1 saturated carbocycles. The van der Waals surface area contributed by atoms with Crippen LogP contribution in [0.4, 0.5) is 5.69 Å². The van der Waals surface area contributed by atoms with E-state index in [1.54, 1.807) is 5.56 Å². The second kappa shape index (κ2) is 5.40. The summed E-state index contributed by atoms with van der Waals surface area (Å²) in [4.78, 5) is 0. The molecule has 2 aliphatic rings. The summed E-state index contributed by atoms with van der Waals surface area (Å²) in [6, 6.07) is 8.99. The van der Waals surface area contributed by atoms with Crippen molar-refractivity contribution in [2.45, 2.75) is 44.4 Å². The van der Waals surface area contributed by atoms with Crippen molar-refractivity contribution in [2.75, 3.05) is 6.54 Å². The van der Waals surface area contributed by atoms with Crippen LogP contribution in [0, 0.1) is 0 Å². The quantitative estimate of drug-likeness (QED) is 0.548. The van der Waals surface area contributed by atoms with Crippen molar-refractivity contribution in [3.05, 3.63) is 54.6 Å². The number of allylic oxidation sites excluding steroid dienone is 3. The Bertz CT molecular complexity index is 571. The predicted molar refractivity (Wildman–Crippen MR) is 86.0 cm³/mol. The van der Waals surface area contributed by atoms with Crippen molar-refractivity contribution in [1.29, 1.82) is 0 Å². The zero-order valence-electron chi connectivity index (χ0n) is 12.4. The SMILES string of the molecule is C=CC=CC1=[N+](CC)c2ccccc2C12CCCCC2. The normalized spacial score (nSPS) is 20.6. The Balaban J connectivity index is 2.20. The zero-order chi connectivity index (χ0) is 14.0. The first-order chi connectivity index (χ1) is 9.83. The van der Waals surface area contributed by atoms with Crippen molar-refractivity contribution in [3.8, 4) is 0 Å². The minimum Gasteiger partial charge on any atom is -0.195 e. The van der Waals surface area contributed by atoms with Crippen LogP contribution >= 0.6 is 0 Å². The maximum Gasteiger partial charge on any atom is 0.209 e. The van der Waals surface area contributed by atoms with Crippen LogP contribution in [0.3, 0.4) is 0 Å². The van der Waals surface area contributed by atoms with E-state index < -0.39 is 0 Å². The first-order valence-electron chi connectivity index (χ1n) is 7.87. The number of hydrogen-bond donors (Lipinski definition) is 0. The first kappa shape index (κ1) is 13.4. The molecule has 0 atom stereocenters. The van der Waals surface area contributed by atoms with Crippen LogP contribution in [0.15, 0.2) is 49.1 Å². The lowest BCUT2D eigenvalue weighted by atomic mass is 9.67. The van der Waals surface area contributed by atoms with E-state index in [0.717, 1.165) is 6.54 Å². The molecule has 0 aromatic heterocycles. The van der Waals surface area contributed by atoms with Crippen LogP contribution in [0.5, 0.6) is 0 Å². The molecule has 3 rings (SSSR count). The Morgan fingerprint density at radius 3 is 2.65 bits per heavy atom. The smallest absolute Gasteiger partial charge is 0.195 e. The molecule has 1 aromatic rings. The van der Waals surface area contributed by atoms with E-state index in [-0.39, 0.29) is 5.41 Å². The largest absolute Gasteiger partial charge is 0.209 e. The van der Waals surface area contributed by atoms with Gasteiger partial charge in [0.25, 0.3) is 0 Å². The second-order valence-electron chi connectivity index (χ2n) is 5.88. The highest BCUT2D eigenvalue weighted by atomic mass is 15.1. The third-order valence-electron chi connectivity index (χ3n) is 4.91. The molecule has 0 unspecified atom stereocenters. The van der Waals surface area contributed by atoms with Crippen molar-refractivity contribution in [3.63, 3.8) is 0 Å². The summed E-state index contributed by atoms with van der Waals surface area (Å²) in [7, 11) is 0. The van der Waals surface area contributed by atoms with Gasteiger partial charge in [-0.1, -0.05) is 56.2 Å². The standard InChI is InChI=1S/C19H24N/c1-3-5-13-18-19(14-9-6-10-15-19)16-11-7-8-12-17(16)20(18)4-2/h3,5,7-8,11-13H,1,4,6,9-10,14-15H2,2H3/q+1. The van der Waals surface area contributed by atoms with Crippen molar-refractivity contribution < 1.29 is 4.58 Å². The third-order valence-corrected chi connectivity index (χ3v) is 4.91.